The zero-order valence-corrected chi connectivity index (χ0v) is 28.1. The van der Waals surface area contributed by atoms with Crippen molar-refractivity contribution in [3.8, 4) is 44.7 Å². The van der Waals surface area contributed by atoms with Gasteiger partial charge in [0, 0.05) is 16.3 Å². The summed E-state index contributed by atoms with van der Waals surface area (Å²) >= 11 is 0. The predicted octanol–water partition coefficient (Wildman–Crippen LogP) is 14.3. The first-order valence-corrected chi connectivity index (χ1v) is 17.4. The highest BCUT2D eigenvalue weighted by Crippen LogP contribution is 2.47. The third kappa shape index (κ3) is 4.43. The summed E-state index contributed by atoms with van der Waals surface area (Å²) in [6, 6.07) is 56.3. The second kappa shape index (κ2) is 11.5. The Morgan fingerprint density at radius 3 is 1.51 bits per heavy atom. The quantitative estimate of drug-likeness (QED) is 0.173. The molecule has 0 spiro atoms. The molecule has 0 fully saturated rings. The molecule has 240 valence electrons. The first kappa shape index (κ1) is 29.3. The molecule has 0 atom stereocenters. The van der Waals surface area contributed by atoms with Crippen molar-refractivity contribution >= 4 is 60.3 Å². The Labute approximate surface area is 295 Å². The molecule has 8 aromatic carbocycles. The van der Waals surface area contributed by atoms with E-state index in [1.165, 1.54) is 43.8 Å². The Kier molecular flexibility index (Phi) is 6.59. The number of fused-ring (bicyclic) bond motifs is 6. The molecule has 10 rings (SSSR count). The summed E-state index contributed by atoms with van der Waals surface area (Å²) in [5.74, 6) is 1.53. The van der Waals surface area contributed by atoms with Crippen LogP contribution in [0.25, 0.3) is 105 Å². The molecule has 0 N–H and O–H groups in total. The lowest BCUT2D eigenvalue weighted by atomic mass is 9.85. The number of furan rings is 2. The van der Waals surface area contributed by atoms with Gasteiger partial charge in [0.1, 0.15) is 22.7 Å². The lowest BCUT2D eigenvalue weighted by Gasteiger charge is -2.18. The molecule has 51 heavy (non-hydrogen) atoms. The van der Waals surface area contributed by atoms with Gasteiger partial charge in [0.05, 0.1) is 5.56 Å². The lowest BCUT2D eigenvalue weighted by molar-refractivity contribution is 0.596. The van der Waals surface area contributed by atoms with Crippen molar-refractivity contribution in [2.75, 3.05) is 0 Å². The van der Waals surface area contributed by atoms with E-state index in [1.54, 1.807) is 6.08 Å². The van der Waals surface area contributed by atoms with E-state index in [0.717, 1.165) is 60.7 Å². The summed E-state index contributed by atoms with van der Waals surface area (Å²) in [4.78, 5) is 0. The van der Waals surface area contributed by atoms with Gasteiger partial charge in [0.2, 0.25) is 0 Å². The van der Waals surface area contributed by atoms with Crippen LogP contribution in [0.2, 0.25) is 0 Å². The highest BCUT2D eigenvalue weighted by atomic mass is 16.4. The molecule has 10 aromatic rings. The Morgan fingerprint density at radius 2 is 0.922 bits per heavy atom. The SMILES string of the molecule is C=Cc1oc2cc(-c3ccc(-c4c5ccccc5c(-c5ccccc5)c5ccccc45)cc3)c3ccccc3c2c1-c1oc2ccccc2c1C. The average molecular weight is 653 g/mol. The molecule has 0 bridgehead atoms. The normalized spacial score (nSPS) is 11.7. The van der Waals surface area contributed by atoms with E-state index < -0.39 is 0 Å². The van der Waals surface area contributed by atoms with Gasteiger partial charge in [-0.05, 0) is 90.8 Å². The number of benzene rings is 8. The van der Waals surface area contributed by atoms with Crippen LogP contribution < -0.4 is 0 Å². The van der Waals surface area contributed by atoms with Crippen LogP contribution in [0.1, 0.15) is 11.3 Å². The van der Waals surface area contributed by atoms with Crippen LogP contribution in [0.15, 0.2) is 173 Å². The predicted molar refractivity (Wildman–Crippen MR) is 215 cm³/mol. The van der Waals surface area contributed by atoms with Crippen molar-refractivity contribution in [2.45, 2.75) is 6.92 Å². The van der Waals surface area contributed by atoms with Gasteiger partial charge < -0.3 is 8.83 Å². The van der Waals surface area contributed by atoms with Crippen molar-refractivity contribution in [1.29, 1.82) is 0 Å². The van der Waals surface area contributed by atoms with Crippen molar-refractivity contribution in [1.82, 2.24) is 0 Å². The maximum absolute atomic E-state index is 6.58. The van der Waals surface area contributed by atoms with Crippen LogP contribution >= 0.6 is 0 Å². The number of para-hydroxylation sites is 1. The first-order valence-electron chi connectivity index (χ1n) is 17.4. The number of hydrogen-bond acceptors (Lipinski definition) is 2. The Hall–Kier alpha value is -6.64. The topological polar surface area (TPSA) is 26.3 Å². The molecule has 0 amide bonds. The minimum atomic E-state index is 0.711. The summed E-state index contributed by atoms with van der Waals surface area (Å²) < 4.78 is 13.1. The molecule has 2 heterocycles. The van der Waals surface area contributed by atoms with Gasteiger partial charge in [-0.25, -0.2) is 0 Å². The third-order valence-electron chi connectivity index (χ3n) is 10.5. The van der Waals surface area contributed by atoms with E-state index in [4.69, 9.17) is 8.83 Å². The summed E-state index contributed by atoms with van der Waals surface area (Å²) in [7, 11) is 0. The van der Waals surface area contributed by atoms with Crippen LogP contribution in [-0.4, -0.2) is 0 Å². The smallest absolute Gasteiger partial charge is 0.142 e. The van der Waals surface area contributed by atoms with E-state index in [1.807, 2.05) is 18.2 Å². The van der Waals surface area contributed by atoms with Gasteiger partial charge in [-0.15, -0.1) is 0 Å². The minimum Gasteiger partial charge on any atom is -0.456 e. The lowest BCUT2D eigenvalue weighted by Crippen LogP contribution is -1.91. The maximum Gasteiger partial charge on any atom is 0.142 e. The zero-order chi connectivity index (χ0) is 34.1. The summed E-state index contributed by atoms with van der Waals surface area (Å²) in [5.41, 5.74) is 10.9. The zero-order valence-electron chi connectivity index (χ0n) is 28.1. The highest BCUT2D eigenvalue weighted by molar-refractivity contribution is 6.22. The van der Waals surface area contributed by atoms with Crippen molar-refractivity contribution < 1.29 is 8.83 Å². The molecule has 2 heteroatoms. The van der Waals surface area contributed by atoms with E-state index >= 15 is 0 Å². The molecule has 0 aliphatic heterocycles. The molecular weight excluding hydrogens is 621 g/mol. The minimum absolute atomic E-state index is 0.711. The Balaban J connectivity index is 1.17. The second-order valence-corrected chi connectivity index (χ2v) is 13.2. The van der Waals surface area contributed by atoms with Crippen LogP contribution in [0.4, 0.5) is 0 Å². The number of rotatable bonds is 5. The monoisotopic (exact) mass is 652 g/mol. The van der Waals surface area contributed by atoms with Gasteiger partial charge in [-0.1, -0.05) is 152 Å². The van der Waals surface area contributed by atoms with Crippen molar-refractivity contribution in [3.05, 3.63) is 176 Å². The molecule has 0 saturated heterocycles. The third-order valence-corrected chi connectivity index (χ3v) is 10.5. The highest BCUT2D eigenvalue weighted by Gasteiger charge is 2.24. The van der Waals surface area contributed by atoms with Crippen LogP contribution in [0, 0.1) is 6.92 Å². The molecule has 0 aliphatic rings. The first-order chi connectivity index (χ1) is 25.2. The summed E-state index contributed by atoms with van der Waals surface area (Å²) in [6.07, 6.45) is 1.79. The molecular formula is C49H32O2. The fourth-order valence-electron chi connectivity index (χ4n) is 8.17. The number of aryl methyl sites for hydroxylation is 1. The summed E-state index contributed by atoms with van der Waals surface area (Å²) in [6.45, 7) is 6.24. The Bertz CT molecular complexity index is 2920. The number of hydrogen-bond donors (Lipinski definition) is 0. The second-order valence-electron chi connectivity index (χ2n) is 13.2. The fraction of sp³-hybridized carbons (Fsp3) is 0.0204. The Morgan fingerprint density at radius 1 is 0.431 bits per heavy atom. The molecule has 0 radical (unpaired) electrons. The van der Waals surface area contributed by atoms with Crippen LogP contribution in [-0.2, 0) is 0 Å². The standard InChI is InChI=1S/C49H32O2/c1-3-42-48(49-30(2)34-17-13-14-24-43(34)51-49)47-36-19-8-7-18-35(36)41(29-44(47)50-42)31-25-27-33(28-26-31)46-39-22-11-9-20-37(39)45(32-15-5-4-6-16-32)38-21-10-12-23-40(38)46/h3-29H,1H2,2H3. The van der Waals surface area contributed by atoms with Crippen molar-refractivity contribution in [3.63, 3.8) is 0 Å². The molecule has 2 nitrogen and oxygen atoms in total. The van der Waals surface area contributed by atoms with Gasteiger partial charge in [-0.2, -0.15) is 0 Å². The van der Waals surface area contributed by atoms with Gasteiger partial charge in [-0.3, -0.25) is 0 Å². The van der Waals surface area contributed by atoms with Gasteiger partial charge in [0.25, 0.3) is 0 Å². The van der Waals surface area contributed by atoms with E-state index in [-0.39, 0.29) is 0 Å². The van der Waals surface area contributed by atoms with E-state index in [9.17, 15) is 0 Å². The van der Waals surface area contributed by atoms with E-state index in [0.29, 0.717) is 5.76 Å². The molecule has 0 saturated carbocycles. The average Bonchev–Trinajstić information content (AvgIpc) is 3.73. The van der Waals surface area contributed by atoms with E-state index in [2.05, 4.69) is 153 Å². The van der Waals surface area contributed by atoms with Gasteiger partial charge in [0.15, 0.2) is 0 Å². The van der Waals surface area contributed by atoms with Gasteiger partial charge >= 0.3 is 0 Å². The molecule has 0 aliphatic carbocycles. The van der Waals surface area contributed by atoms with Crippen molar-refractivity contribution in [2.24, 2.45) is 0 Å². The largest absolute Gasteiger partial charge is 0.456 e. The summed E-state index contributed by atoms with van der Waals surface area (Å²) in [5, 5.41) is 9.42. The fourth-order valence-corrected chi connectivity index (χ4v) is 8.17. The molecule has 2 aromatic heterocycles. The molecule has 0 unspecified atom stereocenters. The van der Waals surface area contributed by atoms with Crippen LogP contribution in [0.5, 0.6) is 0 Å². The maximum atomic E-state index is 6.58. The van der Waals surface area contributed by atoms with Crippen LogP contribution in [0.3, 0.4) is 0 Å².